The average Bonchev–Trinajstić information content (AvgIpc) is 3.13. The molecule has 0 aliphatic rings. The highest BCUT2D eigenvalue weighted by Crippen LogP contribution is 2.26. The summed E-state index contributed by atoms with van der Waals surface area (Å²) in [7, 11) is 2.88. The highest BCUT2D eigenvalue weighted by molar-refractivity contribution is 5.91. The summed E-state index contributed by atoms with van der Waals surface area (Å²) in [6.07, 6.45) is 1.65. The van der Waals surface area contributed by atoms with Crippen LogP contribution in [0.15, 0.2) is 42.5 Å². The number of nitriles is 1. The van der Waals surface area contributed by atoms with Gasteiger partial charge in [0.05, 0.1) is 30.8 Å². The van der Waals surface area contributed by atoms with Crippen molar-refractivity contribution in [2.75, 3.05) is 20.8 Å². The van der Waals surface area contributed by atoms with E-state index in [2.05, 4.69) is 20.8 Å². The van der Waals surface area contributed by atoms with Crippen molar-refractivity contribution >= 4 is 28.7 Å². The quantitative estimate of drug-likeness (QED) is 0.534. The molecule has 0 unspecified atom stereocenters. The topological polar surface area (TPSA) is 97.2 Å². The Hall–Kier alpha value is -3.79. The standard InChI is InChI=1S/C20H17N3O4/c1-25-15-7-8-16-17(10-15)23-20(22-16)14(11-21)9-13-5-3-4-6-18(13)27-12-19(24)26-2/h3-10H,12H2,1-2H3,(H,22,23)/b14-9-. The number of rotatable bonds is 6. The van der Waals surface area contributed by atoms with Gasteiger partial charge in [-0.25, -0.2) is 9.78 Å². The molecule has 1 aromatic heterocycles. The number of nitrogens with one attached hydrogen (secondary N) is 1. The van der Waals surface area contributed by atoms with E-state index in [0.29, 0.717) is 28.5 Å². The zero-order chi connectivity index (χ0) is 19.2. The molecule has 0 amide bonds. The molecule has 2 aromatic carbocycles. The molecule has 0 aliphatic heterocycles. The van der Waals surface area contributed by atoms with Crippen LogP contribution in [0.25, 0.3) is 22.7 Å². The fraction of sp³-hybridized carbons (Fsp3) is 0.150. The molecule has 0 aliphatic carbocycles. The molecule has 0 atom stereocenters. The molecular formula is C20H17N3O4. The van der Waals surface area contributed by atoms with Crippen molar-refractivity contribution in [3.63, 3.8) is 0 Å². The number of aromatic nitrogens is 2. The van der Waals surface area contributed by atoms with Gasteiger partial charge in [0, 0.05) is 11.6 Å². The first-order valence-electron chi connectivity index (χ1n) is 8.09. The first-order chi connectivity index (χ1) is 13.1. The number of para-hydroxylation sites is 1. The summed E-state index contributed by atoms with van der Waals surface area (Å²) in [5.74, 6) is 1.11. The number of H-pyrrole nitrogens is 1. The number of nitrogens with zero attached hydrogens (tertiary/aromatic N) is 2. The van der Waals surface area contributed by atoms with Crippen LogP contribution in [0.3, 0.4) is 0 Å². The number of carbonyl (C=O) groups is 1. The zero-order valence-electron chi connectivity index (χ0n) is 14.9. The van der Waals surface area contributed by atoms with Crippen LogP contribution in [-0.2, 0) is 9.53 Å². The number of carbonyl (C=O) groups excluding carboxylic acids is 1. The predicted octanol–water partition coefficient (Wildman–Crippen LogP) is 3.19. The van der Waals surface area contributed by atoms with Crippen LogP contribution in [0, 0.1) is 11.3 Å². The smallest absolute Gasteiger partial charge is 0.343 e. The van der Waals surface area contributed by atoms with Gasteiger partial charge in [0.15, 0.2) is 6.61 Å². The number of ether oxygens (including phenoxy) is 3. The van der Waals surface area contributed by atoms with E-state index in [9.17, 15) is 10.1 Å². The minimum Gasteiger partial charge on any atom is -0.497 e. The number of fused-ring (bicyclic) bond motifs is 1. The van der Waals surface area contributed by atoms with Crippen molar-refractivity contribution in [2.45, 2.75) is 0 Å². The summed E-state index contributed by atoms with van der Waals surface area (Å²) in [5.41, 5.74) is 2.47. The van der Waals surface area contributed by atoms with Gasteiger partial charge in [0.2, 0.25) is 0 Å². The molecule has 3 rings (SSSR count). The molecule has 1 N–H and O–H groups in total. The number of imidazole rings is 1. The molecule has 1 heterocycles. The van der Waals surface area contributed by atoms with Gasteiger partial charge in [-0.3, -0.25) is 0 Å². The van der Waals surface area contributed by atoms with E-state index in [1.807, 2.05) is 18.2 Å². The Bertz CT molecular complexity index is 1050. The van der Waals surface area contributed by atoms with Gasteiger partial charge in [0.25, 0.3) is 0 Å². The Morgan fingerprint density at radius 1 is 1.26 bits per heavy atom. The van der Waals surface area contributed by atoms with E-state index in [0.717, 1.165) is 11.0 Å². The Morgan fingerprint density at radius 3 is 2.81 bits per heavy atom. The first-order valence-corrected chi connectivity index (χ1v) is 8.09. The summed E-state index contributed by atoms with van der Waals surface area (Å²) in [4.78, 5) is 18.9. The van der Waals surface area contributed by atoms with Crippen molar-refractivity contribution in [3.05, 3.63) is 53.9 Å². The number of methoxy groups -OCH3 is 2. The van der Waals surface area contributed by atoms with E-state index in [-0.39, 0.29) is 6.61 Å². The van der Waals surface area contributed by atoms with Gasteiger partial charge >= 0.3 is 5.97 Å². The minimum absolute atomic E-state index is 0.215. The van der Waals surface area contributed by atoms with Crippen molar-refractivity contribution in [3.8, 4) is 17.6 Å². The highest BCUT2D eigenvalue weighted by atomic mass is 16.6. The lowest BCUT2D eigenvalue weighted by Crippen LogP contribution is -2.12. The molecular weight excluding hydrogens is 346 g/mol. The third-order valence-electron chi connectivity index (χ3n) is 3.86. The maximum atomic E-state index is 11.3. The normalized spacial score (nSPS) is 11.1. The molecule has 0 radical (unpaired) electrons. The van der Waals surface area contributed by atoms with Gasteiger partial charge in [-0.15, -0.1) is 0 Å². The molecule has 136 valence electrons. The Morgan fingerprint density at radius 2 is 2.07 bits per heavy atom. The van der Waals surface area contributed by atoms with Crippen LogP contribution in [0.4, 0.5) is 0 Å². The van der Waals surface area contributed by atoms with Gasteiger partial charge in [-0.1, -0.05) is 18.2 Å². The molecule has 27 heavy (non-hydrogen) atoms. The monoisotopic (exact) mass is 363 g/mol. The van der Waals surface area contributed by atoms with E-state index < -0.39 is 5.97 Å². The molecule has 7 nitrogen and oxygen atoms in total. The van der Waals surface area contributed by atoms with Crippen LogP contribution in [0.2, 0.25) is 0 Å². The van der Waals surface area contributed by atoms with E-state index in [1.54, 1.807) is 37.5 Å². The van der Waals surface area contributed by atoms with Gasteiger partial charge in [-0.2, -0.15) is 5.26 Å². The fourth-order valence-electron chi connectivity index (χ4n) is 2.48. The van der Waals surface area contributed by atoms with Crippen LogP contribution < -0.4 is 9.47 Å². The van der Waals surface area contributed by atoms with E-state index in [4.69, 9.17) is 9.47 Å². The molecule has 3 aromatic rings. The SMILES string of the molecule is COC(=O)COc1ccccc1/C=C(/C#N)c1nc2ccc(OC)cc2[nH]1. The van der Waals surface area contributed by atoms with Crippen molar-refractivity contribution in [2.24, 2.45) is 0 Å². The Kier molecular flexibility index (Phi) is 5.38. The number of esters is 1. The second-order valence-corrected chi connectivity index (χ2v) is 5.54. The van der Waals surface area contributed by atoms with Crippen molar-refractivity contribution in [1.29, 1.82) is 5.26 Å². The van der Waals surface area contributed by atoms with Crippen LogP contribution in [0.1, 0.15) is 11.4 Å². The van der Waals surface area contributed by atoms with Gasteiger partial charge in [0.1, 0.15) is 23.4 Å². The maximum absolute atomic E-state index is 11.3. The molecule has 0 fully saturated rings. The summed E-state index contributed by atoms with van der Waals surface area (Å²) < 4.78 is 15.3. The fourth-order valence-corrected chi connectivity index (χ4v) is 2.48. The largest absolute Gasteiger partial charge is 0.497 e. The zero-order valence-corrected chi connectivity index (χ0v) is 14.9. The van der Waals surface area contributed by atoms with Crippen molar-refractivity contribution in [1.82, 2.24) is 9.97 Å². The lowest BCUT2D eigenvalue weighted by atomic mass is 10.1. The number of hydrogen-bond acceptors (Lipinski definition) is 6. The third-order valence-corrected chi connectivity index (χ3v) is 3.86. The predicted molar refractivity (Wildman–Crippen MR) is 100 cm³/mol. The lowest BCUT2D eigenvalue weighted by Gasteiger charge is -2.08. The summed E-state index contributed by atoms with van der Waals surface area (Å²) in [6.45, 7) is -0.215. The number of aromatic amines is 1. The van der Waals surface area contributed by atoms with Crippen molar-refractivity contribution < 1.29 is 19.0 Å². The first kappa shape index (κ1) is 18.0. The van der Waals surface area contributed by atoms with E-state index in [1.165, 1.54) is 7.11 Å². The summed E-state index contributed by atoms with van der Waals surface area (Å²) >= 11 is 0. The molecule has 7 heteroatoms. The Balaban J connectivity index is 1.95. The maximum Gasteiger partial charge on any atom is 0.343 e. The average molecular weight is 363 g/mol. The second-order valence-electron chi connectivity index (χ2n) is 5.54. The molecule has 0 bridgehead atoms. The van der Waals surface area contributed by atoms with Gasteiger partial charge < -0.3 is 19.2 Å². The second kappa shape index (κ2) is 8.06. The molecule has 0 saturated heterocycles. The third kappa shape index (κ3) is 4.07. The lowest BCUT2D eigenvalue weighted by molar-refractivity contribution is -0.142. The van der Waals surface area contributed by atoms with Gasteiger partial charge in [-0.05, 0) is 24.3 Å². The highest BCUT2D eigenvalue weighted by Gasteiger charge is 2.11. The Labute approximate surface area is 155 Å². The van der Waals surface area contributed by atoms with E-state index >= 15 is 0 Å². The molecule has 0 saturated carbocycles. The minimum atomic E-state index is -0.486. The van der Waals surface area contributed by atoms with Crippen LogP contribution in [-0.4, -0.2) is 36.8 Å². The number of benzene rings is 2. The molecule has 0 spiro atoms. The number of hydrogen-bond donors (Lipinski definition) is 1. The summed E-state index contributed by atoms with van der Waals surface area (Å²) in [6, 6.07) is 14.7. The summed E-state index contributed by atoms with van der Waals surface area (Å²) in [5, 5.41) is 9.60. The van der Waals surface area contributed by atoms with Crippen LogP contribution in [0.5, 0.6) is 11.5 Å². The van der Waals surface area contributed by atoms with Crippen LogP contribution >= 0.6 is 0 Å². The number of allylic oxidation sites excluding steroid dienone is 1.